The van der Waals surface area contributed by atoms with Crippen LogP contribution in [0.15, 0.2) is 35.6 Å². The van der Waals surface area contributed by atoms with E-state index in [9.17, 15) is 36.4 Å². The minimum atomic E-state index is -4.83. The SMILES string of the molecule is Cc1cc(C#N)cc(C(=O)NC2C(C)(C)S(=O)(=O)C2(C)C)c1NC(=O)C1CC(C(F)(F)F)=NN1c1ncccc1Cl. The maximum Gasteiger partial charge on any atom is 0.431 e. The van der Waals surface area contributed by atoms with Gasteiger partial charge in [0.15, 0.2) is 15.7 Å². The van der Waals surface area contributed by atoms with Crippen LogP contribution in [0.5, 0.6) is 0 Å². The summed E-state index contributed by atoms with van der Waals surface area (Å²) in [6, 6.07) is 5.03. The Morgan fingerprint density at radius 1 is 1.20 bits per heavy atom. The third kappa shape index (κ3) is 4.91. The van der Waals surface area contributed by atoms with Gasteiger partial charge >= 0.3 is 6.18 Å². The summed E-state index contributed by atoms with van der Waals surface area (Å²) >= 11 is 6.14. The lowest BCUT2D eigenvalue weighted by molar-refractivity contribution is -0.117. The van der Waals surface area contributed by atoms with Gasteiger partial charge in [-0.05, 0) is 64.4 Å². The normalized spacial score (nSPS) is 20.9. The molecule has 1 fully saturated rings. The molecule has 1 unspecified atom stereocenters. The molecule has 2 N–H and O–H groups in total. The molecule has 1 aromatic carbocycles. The van der Waals surface area contributed by atoms with Gasteiger partial charge in [-0.25, -0.2) is 18.4 Å². The molecule has 2 aliphatic rings. The Morgan fingerprint density at radius 3 is 2.39 bits per heavy atom. The lowest BCUT2D eigenvalue weighted by atomic mass is 9.88. The standard InChI is InChI=1S/C26H26ClF3N6O4S/c1-13-9-14(12-31)10-15(21(37)34-23-24(2,3)41(39,40)25(23,4)5)19(13)33-22(38)17-11-18(26(28,29)30)35-36(17)20-16(27)7-6-8-32-20/h6-10,17,23H,11H2,1-5H3,(H,33,38)(H,34,37). The Kier molecular flexibility index (Phi) is 7.37. The largest absolute Gasteiger partial charge is 0.431 e. The molecule has 1 aromatic heterocycles. The summed E-state index contributed by atoms with van der Waals surface area (Å²) in [5.41, 5.74) is -1.08. The van der Waals surface area contributed by atoms with Crippen molar-refractivity contribution in [2.75, 3.05) is 10.3 Å². The minimum Gasteiger partial charge on any atom is -0.346 e. The van der Waals surface area contributed by atoms with E-state index in [-0.39, 0.29) is 33.2 Å². The fourth-order valence-corrected chi connectivity index (χ4v) is 8.06. The molecule has 0 bridgehead atoms. The summed E-state index contributed by atoms with van der Waals surface area (Å²) in [7, 11) is -3.59. The van der Waals surface area contributed by atoms with Crippen molar-refractivity contribution in [2.45, 2.75) is 68.8 Å². The molecule has 2 amide bonds. The summed E-state index contributed by atoms with van der Waals surface area (Å²) in [5.74, 6) is -1.88. The van der Waals surface area contributed by atoms with Crippen molar-refractivity contribution in [3.05, 3.63) is 52.2 Å². The van der Waals surface area contributed by atoms with Gasteiger partial charge in [0.25, 0.3) is 5.91 Å². The number of benzene rings is 1. The number of pyridine rings is 1. The van der Waals surface area contributed by atoms with Crippen molar-refractivity contribution in [1.29, 1.82) is 5.26 Å². The maximum atomic E-state index is 13.6. The number of nitrogens with one attached hydrogen (secondary N) is 2. The molecule has 2 aliphatic heterocycles. The number of halogens is 4. The number of hydrogen-bond donors (Lipinski definition) is 2. The van der Waals surface area contributed by atoms with E-state index in [1.54, 1.807) is 0 Å². The molecule has 1 atom stereocenters. The number of rotatable bonds is 5. The predicted molar refractivity (Wildman–Crippen MR) is 146 cm³/mol. The van der Waals surface area contributed by atoms with E-state index in [1.807, 2.05) is 6.07 Å². The number of amides is 2. The Labute approximate surface area is 239 Å². The number of aromatic nitrogens is 1. The van der Waals surface area contributed by atoms with Gasteiger partial charge in [-0.2, -0.15) is 23.5 Å². The molecule has 4 rings (SSSR count). The quantitative estimate of drug-likeness (QED) is 0.518. The number of sulfone groups is 1. The highest BCUT2D eigenvalue weighted by Gasteiger charge is 2.67. The molecule has 10 nitrogen and oxygen atoms in total. The highest BCUT2D eigenvalue weighted by molar-refractivity contribution is 7.95. The van der Waals surface area contributed by atoms with Crippen LogP contribution in [0.4, 0.5) is 24.7 Å². The molecule has 2 aromatic rings. The van der Waals surface area contributed by atoms with Gasteiger partial charge in [0.1, 0.15) is 11.8 Å². The maximum absolute atomic E-state index is 13.6. The summed E-state index contributed by atoms with van der Waals surface area (Å²) in [6.45, 7) is 7.43. The highest BCUT2D eigenvalue weighted by atomic mass is 35.5. The molecule has 41 heavy (non-hydrogen) atoms. The van der Waals surface area contributed by atoms with Gasteiger partial charge < -0.3 is 10.6 Å². The van der Waals surface area contributed by atoms with Gasteiger partial charge in [0.2, 0.25) is 5.91 Å². The molecule has 0 radical (unpaired) electrons. The molecular formula is C26H26ClF3N6O4S. The molecule has 0 spiro atoms. The van der Waals surface area contributed by atoms with Crippen LogP contribution in [-0.2, 0) is 14.6 Å². The van der Waals surface area contributed by atoms with Crippen molar-refractivity contribution in [2.24, 2.45) is 5.10 Å². The van der Waals surface area contributed by atoms with Crippen molar-refractivity contribution in [3.63, 3.8) is 0 Å². The fraction of sp³-hybridized carbons (Fsp3) is 0.423. The lowest BCUT2D eigenvalue weighted by Crippen LogP contribution is -2.77. The van der Waals surface area contributed by atoms with Crippen molar-refractivity contribution < 1.29 is 31.2 Å². The van der Waals surface area contributed by atoms with Crippen LogP contribution in [0.2, 0.25) is 5.02 Å². The molecule has 1 saturated heterocycles. The van der Waals surface area contributed by atoms with Gasteiger partial charge in [0.05, 0.1) is 43.4 Å². The van der Waals surface area contributed by atoms with Gasteiger partial charge in [0, 0.05) is 12.6 Å². The number of carbonyl (C=O) groups is 2. The van der Waals surface area contributed by atoms with Crippen LogP contribution < -0.4 is 15.6 Å². The van der Waals surface area contributed by atoms with Crippen molar-refractivity contribution >= 4 is 50.5 Å². The predicted octanol–water partition coefficient (Wildman–Crippen LogP) is 4.13. The molecule has 0 aliphatic carbocycles. The number of hydrazone groups is 1. The van der Waals surface area contributed by atoms with Gasteiger partial charge in [-0.1, -0.05) is 11.6 Å². The van der Waals surface area contributed by atoms with Crippen LogP contribution in [0.25, 0.3) is 0 Å². The van der Waals surface area contributed by atoms with E-state index >= 15 is 0 Å². The second kappa shape index (κ2) is 9.99. The smallest absolute Gasteiger partial charge is 0.346 e. The van der Waals surface area contributed by atoms with Gasteiger partial charge in [-0.3, -0.25) is 9.59 Å². The first-order valence-corrected chi connectivity index (χ1v) is 14.2. The summed E-state index contributed by atoms with van der Waals surface area (Å²) < 4.78 is 63.7. The van der Waals surface area contributed by atoms with E-state index in [1.165, 1.54) is 65.1 Å². The number of alkyl halides is 3. The Morgan fingerprint density at radius 2 is 1.83 bits per heavy atom. The lowest BCUT2D eigenvalue weighted by Gasteiger charge is -2.56. The zero-order chi connectivity index (χ0) is 30.7. The Hall–Kier alpha value is -3.70. The van der Waals surface area contributed by atoms with E-state index in [4.69, 9.17) is 11.6 Å². The number of nitriles is 1. The van der Waals surface area contributed by atoms with Crippen molar-refractivity contribution in [3.8, 4) is 6.07 Å². The first-order valence-electron chi connectivity index (χ1n) is 12.3. The summed E-state index contributed by atoms with van der Waals surface area (Å²) in [6.07, 6.45) is -4.36. The second-order valence-electron chi connectivity index (χ2n) is 10.9. The number of hydrogen-bond acceptors (Lipinski definition) is 8. The Balaban J connectivity index is 1.70. The summed E-state index contributed by atoms with van der Waals surface area (Å²) in [4.78, 5) is 31.0. The van der Waals surface area contributed by atoms with E-state index in [0.717, 1.165) is 5.01 Å². The summed E-state index contributed by atoms with van der Waals surface area (Å²) in [5, 5.41) is 19.1. The fourth-order valence-electron chi connectivity index (χ4n) is 5.35. The Bertz CT molecular complexity index is 1610. The minimum absolute atomic E-state index is 0.0345. The van der Waals surface area contributed by atoms with Gasteiger partial charge in [-0.15, -0.1) is 0 Å². The molecule has 3 heterocycles. The van der Waals surface area contributed by atoms with E-state index in [0.29, 0.717) is 0 Å². The zero-order valence-electron chi connectivity index (χ0n) is 22.6. The van der Waals surface area contributed by atoms with E-state index < -0.39 is 61.5 Å². The number of aryl methyl sites for hydroxylation is 1. The topological polar surface area (TPSA) is 145 Å². The second-order valence-corrected chi connectivity index (χ2v) is 14.4. The monoisotopic (exact) mass is 610 g/mol. The number of anilines is 2. The average Bonchev–Trinajstić information content (AvgIpc) is 3.34. The van der Waals surface area contributed by atoms with Crippen LogP contribution in [0.3, 0.4) is 0 Å². The third-order valence-electron chi connectivity index (χ3n) is 7.50. The molecule has 218 valence electrons. The first kappa shape index (κ1) is 30.3. The van der Waals surface area contributed by atoms with Crippen LogP contribution in [0, 0.1) is 18.3 Å². The van der Waals surface area contributed by atoms with Crippen LogP contribution in [-0.4, -0.2) is 58.7 Å². The van der Waals surface area contributed by atoms with Crippen LogP contribution in [0.1, 0.15) is 55.6 Å². The average molecular weight is 611 g/mol. The number of carbonyl (C=O) groups excluding carboxylic acids is 2. The van der Waals surface area contributed by atoms with Crippen LogP contribution >= 0.6 is 11.6 Å². The zero-order valence-corrected chi connectivity index (χ0v) is 24.2. The third-order valence-corrected chi connectivity index (χ3v) is 11.0. The number of nitrogens with zero attached hydrogens (tertiary/aromatic N) is 4. The van der Waals surface area contributed by atoms with E-state index in [2.05, 4.69) is 20.7 Å². The molecule has 0 saturated carbocycles. The first-order chi connectivity index (χ1) is 18.8. The molecular weight excluding hydrogens is 585 g/mol. The highest BCUT2D eigenvalue weighted by Crippen LogP contribution is 2.48. The van der Waals surface area contributed by atoms with Crippen molar-refractivity contribution in [1.82, 2.24) is 10.3 Å². The molecule has 15 heteroatoms.